The number of Topliss-reactive ketones (excluding diaryl/α,β-unsaturated/α-hetero) is 1. The van der Waals surface area contributed by atoms with E-state index in [0.29, 0.717) is 24.5 Å². The minimum absolute atomic E-state index is 0.0606. The van der Waals surface area contributed by atoms with Gasteiger partial charge >= 0.3 is 5.97 Å². The third-order valence-corrected chi connectivity index (χ3v) is 4.93. The van der Waals surface area contributed by atoms with E-state index >= 15 is 0 Å². The van der Waals surface area contributed by atoms with Crippen molar-refractivity contribution in [3.63, 3.8) is 0 Å². The molecule has 0 unspecified atom stereocenters. The van der Waals surface area contributed by atoms with Crippen LogP contribution in [0.3, 0.4) is 0 Å². The number of hydrogen-bond acceptors (Lipinski definition) is 7. The number of aryl methyl sites for hydroxylation is 1. The van der Waals surface area contributed by atoms with Crippen LogP contribution in [0, 0.1) is 13.8 Å². The highest BCUT2D eigenvalue weighted by molar-refractivity contribution is 6.00. The molecule has 0 saturated carbocycles. The Morgan fingerprint density at radius 2 is 2.00 bits per heavy atom. The highest BCUT2D eigenvalue weighted by Gasteiger charge is 2.24. The summed E-state index contributed by atoms with van der Waals surface area (Å²) in [7, 11) is 0. The molecular formula is C22H21N3O5. The van der Waals surface area contributed by atoms with Crippen LogP contribution in [-0.4, -0.2) is 45.6 Å². The van der Waals surface area contributed by atoms with Crippen LogP contribution in [0.15, 0.2) is 48.9 Å². The molecule has 1 aliphatic rings. The number of aromatic nitrogens is 3. The van der Waals surface area contributed by atoms with E-state index in [1.54, 1.807) is 6.07 Å². The highest BCUT2D eigenvalue weighted by Crippen LogP contribution is 2.31. The molecule has 2 aromatic heterocycles. The summed E-state index contributed by atoms with van der Waals surface area (Å²) in [6.07, 6.45) is 3.96. The van der Waals surface area contributed by atoms with Gasteiger partial charge in [0.05, 0.1) is 12.7 Å². The van der Waals surface area contributed by atoms with Gasteiger partial charge < -0.3 is 18.8 Å². The van der Waals surface area contributed by atoms with Crippen LogP contribution in [0.4, 0.5) is 0 Å². The van der Waals surface area contributed by atoms with Gasteiger partial charge in [0.1, 0.15) is 6.61 Å². The maximum atomic E-state index is 12.6. The predicted octanol–water partition coefficient (Wildman–Crippen LogP) is 2.77. The van der Waals surface area contributed by atoms with E-state index in [2.05, 4.69) is 9.97 Å². The average molecular weight is 407 g/mol. The number of rotatable bonds is 6. The Bertz CT molecular complexity index is 1080. The number of carbonyl (C=O) groups excluding carboxylic acids is 2. The zero-order valence-electron chi connectivity index (χ0n) is 16.7. The van der Waals surface area contributed by atoms with E-state index in [4.69, 9.17) is 14.2 Å². The number of fused-ring (bicyclic) bond motifs is 1. The first-order chi connectivity index (χ1) is 14.5. The molecule has 1 aliphatic heterocycles. The van der Waals surface area contributed by atoms with Crippen molar-refractivity contribution in [1.82, 2.24) is 14.5 Å². The Balaban J connectivity index is 1.42. The van der Waals surface area contributed by atoms with Crippen molar-refractivity contribution in [3.05, 3.63) is 71.6 Å². The first-order valence-corrected chi connectivity index (χ1v) is 9.54. The normalized spacial score (nSPS) is 14.9. The summed E-state index contributed by atoms with van der Waals surface area (Å²) in [6, 6.07) is 9.34. The Morgan fingerprint density at radius 1 is 1.20 bits per heavy atom. The second kappa shape index (κ2) is 8.36. The van der Waals surface area contributed by atoms with E-state index in [9.17, 15) is 9.59 Å². The van der Waals surface area contributed by atoms with E-state index in [1.165, 1.54) is 18.6 Å². The number of hydrogen-bond donors (Lipinski definition) is 0. The van der Waals surface area contributed by atoms with Gasteiger partial charge in [-0.25, -0.2) is 9.78 Å². The van der Waals surface area contributed by atoms with Crippen molar-refractivity contribution >= 4 is 11.8 Å². The molecule has 30 heavy (non-hydrogen) atoms. The first kappa shape index (κ1) is 19.6. The van der Waals surface area contributed by atoms with Gasteiger partial charge in [0.2, 0.25) is 5.78 Å². The summed E-state index contributed by atoms with van der Waals surface area (Å²) < 4.78 is 18.9. The van der Waals surface area contributed by atoms with Crippen molar-refractivity contribution in [1.29, 1.82) is 0 Å². The Labute approximate surface area is 173 Å². The van der Waals surface area contributed by atoms with Gasteiger partial charge in [-0.3, -0.25) is 9.78 Å². The van der Waals surface area contributed by atoms with Crippen molar-refractivity contribution in [3.8, 4) is 11.5 Å². The lowest BCUT2D eigenvalue weighted by molar-refractivity contribution is 0.0468. The number of para-hydroxylation sites is 2. The molecule has 0 bridgehead atoms. The molecule has 3 heterocycles. The van der Waals surface area contributed by atoms with Gasteiger partial charge in [0, 0.05) is 29.3 Å². The minimum atomic E-state index is -0.684. The number of benzene rings is 1. The number of esters is 1. The summed E-state index contributed by atoms with van der Waals surface area (Å²) in [6.45, 7) is 4.39. The van der Waals surface area contributed by atoms with Crippen LogP contribution in [-0.2, 0) is 11.3 Å². The zero-order valence-corrected chi connectivity index (χ0v) is 16.7. The van der Waals surface area contributed by atoms with Gasteiger partial charge in [0.15, 0.2) is 29.9 Å². The lowest BCUT2D eigenvalue weighted by atomic mass is 10.1. The van der Waals surface area contributed by atoms with E-state index in [1.807, 2.05) is 42.7 Å². The summed E-state index contributed by atoms with van der Waals surface area (Å²) >= 11 is 0. The van der Waals surface area contributed by atoms with Gasteiger partial charge in [-0.05, 0) is 32.0 Å². The van der Waals surface area contributed by atoms with Gasteiger partial charge in [-0.15, -0.1) is 0 Å². The largest absolute Gasteiger partial charge is 0.486 e. The lowest BCUT2D eigenvalue weighted by Crippen LogP contribution is -2.33. The molecule has 4 rings (SSSR count). The number of ketones is 1. The molecule has 154 valence electrons. The summed E-state index contributed by atoms with van der Waals surface area (Å²) in [4.78, 5) is 32.3. The van der Waals surface area contributed by atoms with E-state index in [0.717, 1.165) is 17.1 Å². The van der Waals surface area contributed by atoms with Crippen molar-refractivity contribution < 1.29 is 23.8 Å². The molecule has 8 nitrogen and oxygen atoms in total. The predicted molar refractivity (Wildman–Crippen MR) is 107 cm³/mol. The topological polar surface area (TPSA) is 92.5 Å². The molecule has 0 radical (unpaired) electrons. The maximum absolute atomic E-state index is 12.6. The Hall–Kier alpha value is -3.68. The van der Waals surface area contributed by atoms with Crippen LogP contribution in [0.25, 0.3) is 0 Å². The van der Waals surface area contributed by atoms with Gasteiger partial charge in [-0.1, -0.05) is 12.1 Å². The fourth-order valence-corrected chi connectivity index (χ4v) is 3.41. The zero-order chi connectivity index (χ0) is 21.1. The smallest absolute Gasteiger partial charge is 0.358 e. The van der Waals surface area contributed by atoms with Crippen LogP contribution in [0.2, 0.25) is 0 Å². The van der Waals surface area contributed by atoms with Crippen LogP contribution in [0.1, 0.15) is 32.2 Å². The van der Waals surface area contributed by atoms with E-state index in [-0.39, 0.29) is 24.2 Å². The standard InChI is InChI=1S/C22H21N3O5/c1-14-9-17(19(26)13-29-22(27)18-10-23-7-8-24-18)15(2)25(14)11-16-12-28-20-5-3-4-6-21(20)30-16/h3-10,16H,11-13H2,1-2H3/t16-/m1/s1. The number of ether oxygens (including phenoxy) is 3. The van der Waals surface area contributed by atoms with Crippen LogP contribution in [0.5, 0.6) is 11.5 Å². The molecule has 8 heteroatoms. The molecule has 1 aromatic carbocycles. The van der Waals surface area contributed by atoms with E-state index < -0.39 is 5.97 Å². The van der Waals surface area contributed by atoms with Crippen LogP contribution < -0.4 is 9.47 Å². The van der Waals surface area contributed by atoms with Crippen LogP contribution >= 0.6 is 0 Å². The molecule has 0 fully saturated rings. The summed E-state index contributed by atoms with van der Waals surface area (Å²) in [5.41, 5.74) is 2.27. The van der Waals surface area contributed by atoms with Crippen molar-refractivity contribution in [2.75, 3.05) is 13.2 Å². The molecule has 3 aromatic rings. The molecule has 0 saturated heterocycles. The fraction of sp³-hybridized carbons (Fsp3) is 0.273. The Kier molecular flexibility index (Phi) is 5.47. The fourth-order valence-electron chi connectivity index (χ4n) is 3.41. The third-order valence-electron chi connectivity index (χ3n) is 4.93. The lowest BCUT2D eigenvalue weighted by Gasteiger charge is -2.27. The summed E-state index contributed by atoms with van der Waals surface area (Å²) in [5, 5.41) is 0. The summed E-state index contributed by atoms with van der Waals surface area (Å²) in [5.74, 6) is 0.480. The Morgan fingerprint density at radius 3 is 2.77 bits per heavy atom. The molecular weight excluding hydrogens is 386 g/mol. The van der Waals surface area contributed by atoms with Crippen molar-refractivity contribution in [2.24, 2.45) is 0 Å². The van der Waals surface area contributed by atoms with Gasteiger partial charge in [-0.2, -0.15) is 0 Å². The van der Waals surface area contributed by atoms with Gasteiger partial charge in [0.25, 0.3) is 0 Å². The number of nitrogens with zero attached hydrogens (tertiary/aromatic N) is 3. The highest BCUT2D eigenvalue weighted by atomic mass is 16.6. The maximum Gasteiger partial charge on any atom is 0.358 e. The molecule has 0 amide bonds. The first-order valence-electron chi connectivity index (χ1n) is 9.54. The van der Waals surface area contributed by atoms with Crippen molar-refractivity contribution in [2.45, 2.75) is 26.5 Å². The third kappa shape index (κ3) is 4.03. The average Bonchev–Trinajstić information content (AvgIpc) is 3.06. The monoisotopic (exact) mass is 407 g/mol. The number of carbonyl (C=O) groups is 2. The second-order valence-corrected chi connectivity index (χ2v) is 6.98. The molecule has 0 aliphatic carbocycles. The second-order valence-electron chi connectivity index (χ2n) is 6.98. The SMILES string of the molecule is Cc1cc(C(=O)COC(=O)c2cnccn2)c(C)n1C[C@@H]1COc2ccccc2O1. The molecule has 1 atom stereocenters. The minimum Gasteiger partial charge on any atom is -0.486 e. The molecule has 0 N–H and O–H groups in total. The quantitative estimate of drug-likeness (QED) is 0.458. The molecule has 0 spiro atoms.